The first-order valence-corrected chi connectivity index (χ1v) is 18.0. The second-order valence-corrected chi connectivity index (χ2v) is 18.4. The van der Waals surface area contributed by atoms with Crippen molar-refractivity contribution in [1.82, 2.24) is 0 Å². The minimum absolute atomic E-state index is 0.740. The van der Waals surface area contributed by atoms with E-state index in [1.165, 1.54) is 39.9 Å². The van der Waals surface area contributed by atoms with Crippen LogP contribution < -0.4 is 0 Å². The summed E-state index contributed by atoms with van der Waals surface area (Å²) in [6.45, 7) is 0. The van der Waals surface area contributed by atoms with Crippen LogP contribution in [0.25, 0.3) is 0 Å². The predicted molar refractivity (Wildman–Crippen MR) is 145 cm³/mol. The van der Waals surface area contributed by atoms with E-state index >= 15 is 0 Å². The van der Waals surface area contributed by atoms with Crippen LogP contribution in [0.4, 0.5) is 0 Å². The molecule has 0 radical (unpaired) electrons. The van der Waals surface area contributed by atoms with Crippen LogP contribution in [0.2, 0.25) is 4.22 Å². The van der Waals surface area contributed by atoms with Gasteiger partial charge in [-0.3, -0.25) is 0 Å². The Hall–Kier alpha value is -2.15. The number of allylic oxidation sites excluding steroid dienone is 4. The Labute approximate surface area is 215 Å². The van der Waals surface area contributed by atoms with Crippen molar-refractivity contribution in [3.8, 4) is 0 Å². The number of hydrogen-bond acceptors (Lipinski definition) is 0. The summed E-state index contributed by atoms with van der Waals surface area (Å²) < 4.78 is 4.88. The van der Waals surface area contributed by atoms with Gasteiger partial charge in [0.25, 0.3) is 0 Å². The molecule has 3 aromatic rings. The van der Waals surface area contributed by atoms with Crippen molar-refractivity contribution in [2.45, 2.75) is 44.1 Å². The van der Waals surface area contributed by atoms with Crippen molar-refractivity contribution in [2.24, 2.45) is 23.7 Å². The van der Waals surface area contributed by atoms with Crippen molar-refractivity contribution in [3.63, 3.8) is 0 Å². The van der Waals surface area contributed by atoms with Gasteiger partial charge in [0.2, 0.25) is 0 Å². The molecule has 0 N–H and O–H groups in total. The average molecular weight is 495 g/mol. The molecule has 0 heterocycles. The number of hydrogen-bond donors (Lipinski definition) is 0. The third-order valence-corrected chi connectivity index (χ3v) is 18.1. The van der Waals surface area contributed by atoms with Gasteiger partial charge in [-0.2, -0.15) is 0 Å². The molecule has 5 unspecified atom stereocenters. The summed E-state index contributed by atoms with van der Waals surface area (Å²) >= 11 is -2.61. The molecule has 1 heteroatoms. The van der Waals surface area contributed by atoms with Crippen LogP contribution in [-0.2, 0) is 30.8 Å². The third kappa shape index (κ3) is 4.81. The van der Waals surface area contributed by atoms with E-state index in [-0.39, 0.29) is 0 Å². The number of fused-ring (bicyclic) bond motifs is 3. The van der Waals surface area contributed by atoms with Gasteiger partial charge in [-0.15, -0.1) is 0 Å². The zero-order chi connectivity index (χ0) is 23.5. The molecule has 3 aromatic carbocycles. The zero-order valence-corrected chi connectivity index (χ0v) is 22.4. The quantitative estimate of drug-likeness (QED) is 0.288. The molecule has 3 aliphatic carbocycles. The summed E-state index contributed by atoms with van der Waals surface area (Å²) in [5.41, 5.74) is 4.72. The summed E-state index contributed by atoms with van der Waals surface area (Å²) in [5, 5.41) is 0. The summed E-state index contributed by atoms with van der Waals surface area (Å²) in [7, 11) is 0. The molecule has 2 saturated carbocycles. The monoisotopic (exact) mass is 494 g/mol. The van der Waals surface area contributed by atoms with Gasteiger partial charge in [-0.25, -0.2) is 0 Å². The molecule has 5 atom stereocenters. The van der Waals surface area contributed by atoms with Crippen LogP contribution >= 0.6 is 0 Å². The van der Waals surface area contributed by atoms with Gasteiger partial charge in [0.05, 0.1) is 0 Å². The van der Waals surface area contributed by atoms with E-state index in [2.05, 4.69) is 115 Å². The van der Waals surface area contributed by atoms with Crippen molar-refractivity contribution >= 4 is 0 Å². The van der Waals surface area contributed by atoms with Crippen LogP contribution in [0.1, 0.15) is 42.4 Å². The van der Waals surface area contributed by atoms with E-state index in [0.29, 0.717) is 0 Å². The Bertz CT molecular complexity index is 1050. The minimum atomic E-state index is -2.61. The van der Waals surface area contributed by atoms with Crippen molar-refractivity contribution in [3.05, 3.63) is 132 Å². The molecule has 0 spiro atoms. The molecule has 6 rings (SSSR count). The van der Waals surface area contributed by atoms with Gasteiger partial charge in [0.1, 0.15) is 0 Å². The number of benzene rings is 3. The summed E-state index contributed by atoms with van der Waals surface area (Å²) in [6, 6.07) is 34.6. The first kappa shape index (κ1) is 23.3. The topological polar surface area (TPSA) is 0 Å². The summed E-state index contributed by atoms with van der Waals surface area (Å²) in [5.74, 6) is 3.31. The van der Waals surface area contributed by atoms with Crippen LogP contribution in [-0.4, -0.2) is 0 Å². The van der Waals surface area contributed by atoms with E-state index in [4.69, 9.17) is 0 Å². The molecule has 0 aromatic heterocycles. The maximum atomic E-state index is 2.65. The van der Waals surface area contributed by atoms with Gasteiger partial charge in [0.15, 0.2) is 0 Å². The average Bonchev–Trinajstić information content (AvgIpc) is 3.25. The molecular formula is C34H38Ti. The first-order chi connectivity index (χ1) is 17.3. The molecule has 0 amide bonds. The number of rotatable bonds is 7. The van der Waals surface area contributed by atoms with E-state index in [1.54, 1.807) is 16.7 Å². The van der Waals surface area contributed by atoms with Crippen LogP contribution in [0.3, 0.4) is 0 Å². The maximum absolute atomic E-state index is 2.65. The van der Waals surface area contributed by atoms with Crippen LogP contribution in [0, 0.1) is 23.7 Å². The second kappa shape index (κ2) is 10.5. The van der Waals surface area contributed by atoms with Crippen LogP contribution in [0.5, 0.6) is 0 Å². The molecule has 0 nitrogen and oxygen atoms in total. The van der Waals surface area contributed by atoms with Gasteiger partial charge in [-0.1, -0.05) is 0 Å². The molecule has 178 valence electrons. The Morgan fingerprint density at radius 3 is 1.43 bits per heavy atom. The fraction of sp³-hybridized carbons (Fsp3) is 0.353. The molecule has 0 bridgehead atoms. The van der Waals surface area contributed by atoms with Gasteiger partial charge in [-0.05, 0) is 0 Å². The Balaban J connectivity index is 1.51. The van der Waals surface area contributed by atoms with E-state index in [9.17, 15) is 0 Å². The molecule has 0 saturated heterocycles. The Morgan fingerprint density at radius 2 is 0.943 bits per heavy atom. The molecule has 0 aliphatic heterocycles. The van der Waals surface area contributed by atoms with Gasteiger partial charge < -0.3 is 0 Å². The van der Waals surface area contributed by atoms with E-state index in [0.717, 1.165) is 27.9 Å². The normalized spacial score (nSPS) is 27.4. The zero-order valence-electron chi connectivity index (χ0n) is 20.8. The first-order valence-electron chi connectivity index (χ1n) is 13.8. The van der Waals surface area contributed by atoms with Crippen molar-refractivity contribution in [2.75, 3.05) is 0 Å². The van der Waals surface area contributed by atoms with Crippen molar-refractivity contribution in [1.29, 1.82) is 0 Å². The van der Waals surface area contributed by atoms with Gasteiger partial charge in [0, 0.05) is 0 Å². The predicted octanol–water partition coefficient (Wildman–Crippen LogP) is 8.71. The van der Waals surface area contributed by atoms with E-state index in [1.807, 2.05) is 0 Å². The standard InChI is InChI=1S/C13H17.3C7H7.Ti/c1-3-7-12-10(5-1)9-11-6-2-4-8-13(11)12;3*1-7-5-3-2-4-6-7;/h1,3,5,7,9-13H,2,4,6,8H2;3*2-6H,1H2;. The molecular weight excluding hydrogens is 456 g/mol. The fourth-order valence-corrected chi connectivity index (χ4v) is 18.7. The Morgan fingerprint density at radius 1 is 0.514 bits per heavy atom. The van der Waals surface area contributed by atoms with Crippen LogP contribution in [0.15, 0.2) is 115 Å². The van der Waals surface area contributed by atoms with Gasteiger partial charge >= 0.3 is 216 Å². The fourth-order valence-electron chi connectivity index (χ4n) is 8.24. The summed E-state index contributed by atoms with van der Waals surface area (Å²) in [6.07, 6.45) is 15.8. The molecule has 3 aliphatic rings. The third-order valence-electron chi connectivity index (χ3n) is 9.37. The molecule has 2 fully saturated rings. The molecule has 35 heavy (non-hydrogen) atoms. The Kier molecular flexibility index (Phi) is 6.95. The van der Waals surface area contributed by atoms with E-state index < -0.39 is 16.6 Å². The van der Waals surface area contributed by atoms with Crippen molar-refractivity contribution < 1.29 is 16.6 Å². The SMILES string of the molecule is C1=CC2C(C=C1)[CH]([Ti]([CH2]c1ccccc1)([CH2]c1ccccc1)[CH2]c1ccccc1)C1CCCCC21. The second-order valence-electron chi connectivity index (χ2n) is 11.4. The summed E-state index contributed by atoms with van der Waals surface area (Å²) in [4.78, 5) is 0.